The monoisotopic (exact) mass is 205 g/mol. The Morgan fingerprint density at radius 1 is 1.60 bits per heavy atom. The average molecular weight is 205 g/mol. The van der Waals surface area contributed by atoms with E-state index in [0.717, 1.165) is 25.6 Å². The lowest BCUT2D eigenvalue weighted by Crippen LogP contribution is -2.15. The standard InChI is InChI=1S/C12H19N3/c1-2-10-15-12(7-9-14-15)4-3-8-13-11-5-6-11/h3-4,7,9,11,13H,2,5-6,8,10H2,1H3/b4-3+. The first-order valence-electron chi connectivity index (χ1n) is 5.82. The number of aryl methyl sites for hydroxylation is 1. The Morgan fingerprint density at radius 2 is 2.47 bits per heavy atom. The summed E-state index contributed by atoms with van der Waals surface area (Å²) in [6.45, 7) is 4.15. The van der Waals surface area contributed by atoms with Crippen LogP contribution in [0.15, 0.2) is 18.3 Å². The topological polar surface area (TPSA) is 29.9 Å². The van der Waals surface area contributed by atoms with Crippen LogP contribution in [0, 0.1) is 0 Å². The fourth-order valence-electron chi connectivity index (χ4n) is 1.58. The maximum absolute atomic E-state index is 4.28. The van der Waals surface area contributed by atoms with E-state index in [-0.39, 0.29) is 0 Å². The zero-order valence-corrected chi connectivity index (χ0v) is 9.32. The SMILES string of the molecule is CCCn1nccc1/C=C/CNC1CC1. The van der Waals surface area contributed by atoms with E-state index in [2.05, 4.69) is 35.6 Å². The van der Waals surface area contributed by atoms with Crippen LogP contribution in [-0.2, 0) is 6.54 Å². The van der Waals surface area contributed by atoms with Gasteiger partial charge in [0.1, 0.15) is 0 Å². The van der Waals surface area contributed by atoms with Crippen LogP contribution >= 0.6 is 0 Å². The van der Waals surface area contributed by atoms with Crippen molar-refractivity contribution in [3.8, 4) is 0 Å². The lowest BCUT2D eigenvalue weighted by atomic mass is 10.3. The van der Waals surface area contributed by atoms with Gasteiger partial charge in [0, 0.05) is 25.3 Å². The predicted octanol–water partition coefficient (Wildman–Crippen LogP) is 2.06. The summed E-state index contributed by atoms with van der Waals surface area (Å²) in [5.74, 6) is 0. The van der Waals surface area contributed by atoms with Gasteiger partial charge in [0.15, 0.2) is 0 Å². The highest BCUT2D eigenvalue weighted by Crippen LogP contribution is 2.18. The lowest BCUT2D eigenvalue weighted by molar-refractivity contribution is 0.598. The van der Waals surface area contributed by atoms with E-state index in [4.69, 9.17) is 0 Å². The molecule has 0 spiro atoms. The summed E-state index contributed by atoms with van der Waals surface area (Å²) in [7, 11) is 0. The molecule has 3 heteroatoms. The first kappa shape index (κ1) is 10.4. The van der Waals surface area contributed by atoms with Gasteiger partial charge in [0.25, 0.3) is 0 Å². The van der Waals surface area contributed by atoms with Crippen molar-refractivity contribution in [2.45, 2.75) is 38.8 Å². The quantitative estimate of drug-likeness (QED) is 0.770. The molecule has 1 aliphatic rings. The predicted molar refractivity (Wildman–Crippen MR) is 62.6 cm³/mol. The van der Waals surface area contributed by atoms with Crippen LogP contribution in [0.1, 0.15) is 31.9 Å². The van der Waals surface area contributed by atoms with Crippen LogP contribution in [0.4, 0.5) is 0 Å². The van der Waals surface area contributed by atoms with Crippen LogP contribution in [-0.4, -0.2) is 22.4 Å². The minimum atomic E-state index is 0.787. The summed E-state index contributed by atoms with van der Waals surface area (Å²) in [6, 6.07) is 2.85. The van der Waals surface area contributed by atoms with E-state index in [1.165, 1.54) is 18.5 Å². The van der Waals surface area contributed by atoms with Gasteiger partial charge in [-0.05, 0) is 31.4 Å². The number of aromatic nitrogens is 2. The molecule has 0 atom stereocenters. The second kappa shape index (κ2) is 5.12. The zero-order chi connectivity index (χ0) is 10.5. The highest BCUT2D eigenvalue weighted by Gasteiger charge is 2.18. The first-order valence-corrected chi connectivity index (χ1v) is 5.82. The van der Waals surface area contributed by atoms with Gasteiger partial charge in [0.05, 0.1) is 5.69 Å². The van der Waals surface area contributed by atoms with Crippen LogP contribution in [0.3, 0.4) is 0 Å². The van der Waals surface area contributed by atoms with Crippen molar-refractivity contribution in [1.82, 2.24) is 15.1 Å². The van der Waals surface area contributed by atoms with Crippen molar-refractivity contribution >= 4 is 6.08 Å². The molecule has 1 aliphatic carbocycles. The Labute approximate surface area is 91.2 Å². The summed E-state index contributed by atoms with van der Waals surface area (Å²) >= 11 is 0. The average Bonchev–Trinajstić information content (AvgIpc) is 2.96. The molecule has 1 fully saturated rings. The van der Waals surface area contributed by atoms with Gasteiger partial charge in [-0.15, -0.1) is 0 Å². The van der Waals surface area contributed by atoms with Gasteiger partial charge in [-0.3, -0.25) is 4.68 Å². The molecule has 0 saturated heterocycles. The summed E-state index contributed by atoms with van der Waals surface area (Å²) in [5, 5.41) is 7.73. The van der Waals surface area contributed by atoms with Crippen molar-refractivity contribution in [3.63, 3.8) is 0 Å². The van der Waals surface area contributed by atoms with E-state index in [1.54, 1.807) is 0 Å². The van der Waals surface area contributed by atoms with Crippen LogP contribution in [0.2, 0.25) is 0 Å². The molecule has 0 radical (unpaired) electrons. The number of hydrogen-bond acceptors (Lipinski definition) is 2. The Hall–Kier alpha value is -1.09. The smallest absolute Gasteiger partial charge is 0.0607 e. The molecular formula is C12H19N3. The van der Waals surface area contributed by atoms with Crippen molar-refractivity contribution in [3.05, 3.63) is 24.0 Å². The molecule has 1 aromatic rings. The molecule has 3 nitrogen and oxygen atoms in total. The largest absolute Gasteiger partial charge is 0.311 e. The second-order valence-electron chi connectivity index (χ2n) is 4.06. The highest BCUT2D eigenvalue weighted by molar-refractivity contribution is 5.44. The van der Waals surface area contributed by atoms with Gasteiger partial charge in [-0.1, -0.05) is 13.0 Å². The van der Waals surface area contributed by atoms with Crippen molar-refractivity contribution < 1.29 is 0 Å². The zero-order valence-electron chi connectivity index (χ0n) is 9.32. The van der Waals surface area contributed by atoms with E-state index in [0.29, 0.717) is 0 Å². The van der Waals surface area contributed by atoms with E-state index in [1.807, 2.05) is 10.9 Å². The molecule has 1 aromatic heterocycles. The lowest BCUT2D eigenvalue weighted by Gasteiger charge is -2.01. The second-order valence-corrected chi connectivity index (χ2v) is 4.06. The molecule has 1 saturated carbocycles. The first-order chi connectivity index (χ1) is 7.40. The van der Waals surface area contributed by atoms with Gasteiger partial charge in [0.2, 0.25) is 0 Å². The molecule has 0 aliphatic heterocycles. The van der Waals surface area contributed by atoms with Gasteiger partial charge >= 0.3 is 0 Å². The van der Waals surface area contributed by atoms with Crippen molar-refractivity contribution in [1.29, 1.82) is 0 Å². The van der Waals surface area contributed by atoms with E-state index < -0.39 is 0 Å². The number of nitrogens with zero attached hydrogens (tertiary/aromatic N) is 2. The Balaban J connectivity index is 1.81. The minimum Gasteiger partial charge on any atom is -0.311 e. The fraction of sp³-hybridized carbons (Fsp3) is 0.583. The third-order valence-electron chi connectivity index (χ3n) is 2.58. The van der Waals surface area contributed by atoms with Crippen LogP contribution in [0.25, 0.3) is 6.08 Å². The molecular weight excluding hydrogens is 186 g/mol. The molecule has 0 aromatic carbocycles. The van der Waals surface area contributed by atoms with Crippen LogP contribution < -0.4 is 5.32 Å². The van der Waals surface area contributed by atoms with Crippen molar-refractivity contribution in [2.24, 2.45) is 0 Å². The summed E-state index contributed by atoms with van der Waals surface area (Å²) in [5.41, 5.74) is 1.20. The Morgan fingerprint density at radius 3 is 3.20 bits per heavy atom. The Kier molecular flexibility index (Phi) is 3.56. The van der Waals surface area contributed by atoms with E-state index in [9.17, 15) is 0 Å². The summed E-state index contributed by atoms with van der Waals surface area (Å²) in [6.07, 6.45) is 10.0. The van der Waals surface area contributed by atoms with E-state index >= 15 is 0 Å². The van der Waals surface area contributed by atoms with Crippen molar-refractivity contribution in [2.75, 3.05) is 6.54 Å². The molecule has 15 heavy (non-hydrogen) atoms. The normalized spacial score (nSPS) is 16.3. The molecule has 1 N–H and O–H groups in total. The molecule has 0 bridgehead atoms. The molecule has 1 heterocycles. The summed E-state index contributed by atoms with van der Waals surface area (Å²) < 4.78 is 2.05. The number of rotatable bonds is 6. The van der Waals surface area contributed by atoms with Gasteiger partial charge < -0.3 is 5.32 Å². The highest BCUT2D eigenvalue weighted by atomic mass is 15.3. The molecule has 82 valence electrons. The summed E-state index contributed by atoms with van der Waals surface area (Å²) in [4.78, 5) is 0. The maximum atomic E-state index is 4.28. The van der Waals surface area contributed by atoms with Gasteiger partial charge in [-0.2, -0.15) is 5.10 Å². The Bertz CT molecular complexity index is 323. The third-order valence-corrected chi connectivity index (χ3v) is 2.58. The number of nitrogens with one attached hydrogen (secondary N) is 1. The minimum absolute atomic E-state index is 0.787. The number of hydrogen-bond donors (Lipinski definition) is 1. The molecule has 0 amide bonds. The molecule has 0 unspecified atom stereocenters. The molecule has 2 rings (SSSR count). The maximum Gasteiger partial charge on any atom is 0.0607 e. The third kappa shape index (κ3) is 3.20. The van der Waals surface area contributed by atoms with Crippen LogP contribution in [0.5, 0.6) is 0 Å². The van der Waals surface area contributed by atoms with Gasteiger partial charge in [-0.25, -0.2) is 0 Å². The fourth-order valence-corrected chi connectivity index (χ4v) is 1.58.